The van der Waals surface area contributed by atoms with E-state index in [-0.39, 0.29) is 23.3 Å². The average molecular weight is 578 g/mol. The summed E-state index contributed by atoms with van der Waals surface area (Å²) in [5.41, 5.74) is 3.31. The molecule has 1 amide bonds. The van der Waals surface area contributed by atoms with Crippen molar-refractivity contribution in [3.63, 3.8) is 0 Å². The third-order valence-electron chi connectivity index (χ3n) is 7.43. The Hall–Kier alpha value is -3.36. The molecule has 0 atom stereocenters. The summed E-state index contributed by atoms with van der Waals surface area (Å²) in [5, 5.41) is 15.6. The van der Waals surface area contributed by atoms with Crippen molar-refractivity contribution in [2.45, 2.75) is 85.9 Å². The van der Waals surface area contributed by atoms with Crippen LogP contribution in [0.5, 0.6) is 11.5 Å². The van der Waals surface area contributed by atoms with Crippen LogP contribution in [-0.4, -0.2) is 70.0 Å². The normalized spacial score (nSPS) is 14.8. The molecule has 228 valence electrons. The molecule has 1 saturated heterocycles. The molecule has 1 aliphatic heterocycles. The van der Waals surface area contributed by atoms with Gasteiger partial charge in [-0.3, -0.25) is 9.69 Å². The first kappa shape index (κ1) is 31.6. The summed E-state index contributed by atoms with van der Waals surface area (Å²) in [6.45, 7) is 22.7. The number of hydrogen-bond acceptors (Lipinski definition) is 7. The fourth-order valence-electron chi connectivity index (χ4n) is 5.37. The highest BCUT2D eigenvalue weighted by Crippen LogP contribution is 2.44. The van der Waals surface area contributed by atoms with Gasteiger partial charge in [0.1, 0.15) is 17.1 Å². The molecule has 1 aromatic heterocycles. The van der Waals surface area contributed by atoms with E-state index >= 15 is 0 Å². The van der Waals surface area contributed by atoms with Gasteiger partial charge in [-0.1, -0.05) is 43.3 Å². The molecule has 0 aliphatic carbocycles. The van der Waals surface area contributed by atoms with Gasteiger partial charge in [0, 0.05) is 37.8 Å². The Kier molecular flexibility index (Phi) is 9.38. The molecule has 4 rings (SSSR count). The van der Waals surface area contributed by atoms with Gasteiger partial charge in [0.2, 0.25) is 0 Å². The van der Waals surface area contributed by atoms with Crippen LogP contribution < -0.4 is 4.74 Å². The third-order valence-corrected chi connectivity index (χ3v) is 7.43. The Morgan fingerprint density at radius 2 is 1.71 bits per heavy atom. The SMILES string of the molecule is CCN(C(=O)c1noc(-c2cc(C(C)C)c(OC(C)(C)C)cc2O)c1-c1ccc(CN2CCOCC2)cc1)C(C)(C)C. The fraction of sp³-hybridized carbons (Fsp3) is 0.529. The molecule has 2 heterocycles. The number of aromatic nitrogens is 1. The quantitative estimate of drug-likeness (QED) is 0.305. The number of rotatable bonds is 8. The zero-order valence-corrected chi connectivity index (χ0v) is 26.7. The average Bonchev–Trinajstić information content (AvgIpc) is 3.33. The Morgan fingerprint density at radius 1 is 1.07 bits per heavy atom. The lowest BCUT2D eigenvalue weighted by atomic mass is 9.93. The van der Waals surface area contributed by atoms with Crippen LogP contribution in [0.4, 0.5) is 0 Å². The van der Waals surface area contributed by atoms with Crippen LogP contribution in [0.3, 0.4) is 0 Å². The number of benzene rings is 2. The van der Waals surface area contributed by atoms with Crippen LogP contribution in [0.1, 0.15) is 89.8 Å². The number of phenolic OH excluding ortho intramolecular Hbond substituents is 1. The Morgan fingerprint density at radius 3 is 2.26 bits per heavy atom. The van der Waals surface area contributed by atoms with E-state index in [0.29, 0.717) is 29.2 Å². The number of carbonyl (C=O) groups excluding carboxylic acids is 1. The number of ether oxygens (including phenoxy) is 2. The summed E-state index contributed by atoms with van der Waals surface area (Å²) in [6.07, 6.45) is 0. The van der Waals surface area contributed by atoms with Gasteiger partial charge < -0.3 is 24.0 Å². The summed E-state index contributed by atoms with van der Waals surface area (Å²) >= 11 is 0. The molecule has 8 nitrogen and oxygen atoms in total. The molecule has 3 aromatic rings. The van der Waals surface area contributed by atoms with E-state index in [2.05, 4.69) is 36.0 Å². The van der Waals surface area contributed by atoms with Crippen molar-refractivity contribution in [3.05, 3.63) is 53.2 Å². The molecule has 1 fully saturated rings. The predicted octanol–water partition coefficient (Wildman–Crippen LogP) is 7.11. The zero-order valence-electron chi connectivity index (χ0n) is 26.7. The molecule has 0 spiro atoms. The summed E-state index contributed by atoms with van der Waals surface area (Å²) < 4.78 is 17.6. The minimum atomic E-state index is -0.436. The second kappa shape index (κ2) is 12.5. The third kappa shape index (κ3) is 7.16. The van der Waals surface area contributed by atoms with Crippen LogP contribution in [0, 0.1) is 0 Å². The monoisotopic (exact) mass is 577 g/mol. The van der Waals surface area contributed by atoms with Crippen LogP contribution in [0.25, 0.3) is 22.5 Å². The van der Waals surface area contributed by atoms with Gasteiger partial charge in [-0.2, -0.15) is 0 Å². The van der Waals surface area contributed by atoms with Gasteiger partial charge in [-0.25, -0.2) is 0 Å². The van der Waals surface area contributed by atoms with Gasteiger partial charge in [-0.05, 0) is 77.1 Å². The highest BCUT2D eigenvalue weighted by molar-refractivity contribution is 6.03. The summed E-state index contributed by atoms with van der Waals surface area (Å²) in [7, 11) is 0. The van der Waals surface area contributed by atoms with Crippen molar-refractivity contribution in [3.8, 4) is 33.9 Å². The molecule has 42 heavy (non-hydrogen) atoms. The van der Waals surface area contributed by atoms with E-state index in [0.717, 1.165) is 44.0 Å². The lowest BCUT2D eigenvalue weighted by molar-refractivity contribution is 0.0342. The van der Waals surface area contributed by atoms with Crippen molar-refractivity contribution in [1.82, 2.24) is 15.0 Å². The van der Waals surface area contributed by atoms with E-state index in [1.54, 1.807) is 11.0 Å². The second-order valence-corrected chi connectivity index (χ2v) is 13.3. The maximum atomic E-state index is 14.0. The number of phenols is 1. The number of hydrogen-bond donors (Lipinski definition) is 1. The smallest absolute Gasteiger partial charge is 0.277 e. The van der Waals surface area contributed by atoms with E-state index in [4.69, 9.17) is 14.0 Å². The lowest BCUT2D eigenvalue weighted by Gasteiger charge is -2.34. The molecule has 1 N–H and O–H groups in total. The van der Waals surface area contributed by atoms with Crippen molar-refractivity contribution < 1.29 is 23.9 Å². The Bertz CT molecular complexity index is 1370. The van der Waals surface area contributed by atoms with Gasteiger partial charge >= 0.3 is 0 Å². The minimum Gasteiger partial charge on any atom is -0.507 e. The first-order valence-electron chi connectivity index (χ1n) is 15.0. The number of aromatic hydroxyl groups is 1. The van der Waals surface area contributed by atoms with Gasteiger partial charge in [0.15, 0.2) is 11.5 Å². The van der Waals surface area contributed by atoms with Crippen LogP contribution in [-0.2, 0) is 11.3 Å². The highest BCUT2D eigenvalue weighted by Gasteiger charge is 2.33. The second-order valence-electron chi connectivity index (χ2n) is 13.3. The summed E-state index contributed by atoms with van der Waals surface area (Å²) in [5.74, 6) is 0.871. The molecule has 0 bridgehead atoms. The zero-order chi connectivity index (χ0) is 30.8. The molecule has 2 aromatic carbocycles. The Balaban J connectivity index is 1.84. The summed E-state index contributed by atoms with van der Waals surface area (Å²) in [6, 6.07) is 11.7. The van der Waals surface area contributed by atoms with Crippen molar-refractivity contribution in [2.75, 3.05) is 32.8 Å². The number of morpholine rings is 1. The largest absolute Gasteiger partial charge is 0.507 e. The van der Waals surface area contributed by atoms with E-state index < -0.39 is 11.1 Å². The van der Waals surface area contributed by atoms with Gasteiger partial charge in [0.05, 0.1) is 24.3 Å². The maximum absolute atomic E-state index is 14.0. The topological polar surface area (TPSA) is 88.3 Å². The highest BCUT2D eigenvalue weighted by atomic mass is 16.5. The maximum Gasteiger partial charge on any atom is 0.277 e. The molecule has 0 saturated carbocycles. The van der Waals surface area contributed by atoms with E-state index in [9.17, 15) is 9.90 Å². The van der Waals surface area contributed by atoms with Crippen LogP contribution >= 0.6 is 0 Å². The van der Waals surface area contributed by atoms with E-state index in [1.807, 2.05) is 66.7 Å². The predicted molar refractivity (Wildman–Crippen MR) is 166 cm³/mol. The van der Waals surface area contributed by atoms with Crippen molar-refractivity contribution in [2.24, 2.45) is 0 Å². The molecular weight excluding hydrogens is 530 g/mol. The fourth-order valence-corrected chi connectivity index (χ4v) is 5.37. The minimum absolute atomic E-state index is 0.00200. The van der Waals surface area contributed by atoms with E-state index in [1.165, 1.54) is 5.56 Å². The van der Waals surface area contributed by atoms with Gasteiger partial charge in [-0.15, -0.1) is 0 Å². The summed E-state index contributed by atoms with van der Waals surface area (Å²) in [4.78, 5) is 18.1. The number of nitrogens with zero attached hydrogens (tertiary/aromatic N) is 3. The molecule has 0 unspecified atom stereocenters. The van der Waals surface area contributed by atoms with Crippen LogP contribution in [0.2, 0.25) is 0 Å². The van der Waals surface area contributed by atoms with Crippen molar-refractivity contribution >= 4 is 5.91 Å². The Labute approximate surface area is 250 Å². The molecular formula is C34H47N3O5. The van der Waals surface area contributed by atoms with Crippen molar-refractivity contribution in [1.29, 1.82) is 0 Å². The molecule has 8 heteroatoms. The first-order chi connectivity index (χ1) is 19.7. The first-order valence-corrected chi connectivity index (χ1v) is 15.0. The standard InChI is InChI=1S/C34H47N3O5/c1-10-37(33(4,5)6)32(39)30-29(24-13-11-23(12-14-24)21-36-15-17-40-18-16-36)31(42-35-30)26-19-25(22(2)3)28(20-27(26)38)41-34(7,8)9/h11-14,19-20,22,38H,10,15-18,21H2,1-9H3. The molecule has 0 radical (unpaired) electrons. The number of amides is 1. The lowest BCUT2D eigenvalue weighted by Crippen LogP contribution is -2.45. The molecule has 1 aliphatic rings. The van der Waals surface area contributed by atoms with Gasteiger partial charge in [0.25, 0.3) is 5.91 Å². The van der Waals surface area contributed by atoms with Crippen LogP contribution in [0.15, 0.2) is 40.9 Å². The number of carbonyl (C=O) groups is 1.